The van der Waals surface area contributed by atoms with E-state index in [2.05, 4.69) is 25.5 Å². The van der Waals surface area contributed by atoms with Crippen LogP contribution in [-0.2, 0) is 17.1 Å². The van der Waals surface area contributed by atoms with Crippen molar-refractivity contribution >= 4 is 23.5 Å². The fourth-order valence-corrected chi connectivity index (χ4v) is 2.38. The van der Waals surface area contributed by atoms with E-state index in [1.54, 1.807) is 6.20 Å². The quantitative estimate of drug-likeness (QED) is 0.658. The highest BCUT2D eigenvalue weighted by Gasteiger charge is 2.11. The average molecular weight is 291 g/mol. The van der Waals surface area contributed by atoms with Crippen molar-refractivity contribution in [3.05, 3.63) is 30.4 Å². The molecule has 20 heavy (non-hydrogen) atoms. The maximum atomic E-state index is 10.7. The number of tetrazole rings is 1. The summed E-state index contributed by atoms with van der Waals surface area (Å²) in [6.45, 7) is -0.262. The zero-order chi connectivity index (χ0) is 13.9. The Hall–Kier alpha value is -2.49. The third-order valence-electron chi connectivity index (χ3n) is 2.42. The van der Waals surface area contributed by atoms with Crippen molar-refractivity contribution in [3.63, 3.8) is 0 Å². The molecule has 0 aliphatic carbocycles. The van der Waals surface area contributed by atoms with Gasteiger partial charge in [0.25, 0.3) is 0 Å². The van der Waals surface area contributed by atoms with Crippen LogP contribution in [0.4, 0.5) is 0 Å². The molecule has 0 spiro atoms. The first-order chi connectivity index (χ1) is 9.72. The van der Waals surface area contributed by atoms with E-state index < -0.39 is 5.97 Å². The average Bonchev–Trinajstić information content (AvgIpc) is 3.01. The molecular formula is C10H9N7O2S. The van der Waals surface area contributed by atoms with Gasteiger partial charge in [-0.3, -0.25) is 9.20 Å². The van der Waals surface area contributed by atoms with Gasteiger partial charge in [0.2, 0.25) is 10.9 Å². The van der Waals surface area contributed by atoms with Crippen LogP contribution in [0.3, 0.4) is 0 Å². The minimum Gasteiger partial charge on any atom is -0.480 e. The summed E-state index contributed by atoms with van der Waals surface area (Å²) in [7, 11) is 0. The van der Waals surface area contributed by atoms with Gasteiger partial charge in [0.05, 0.1) is 5.69 Å². The molecule has 0 bridgehead atoms. The Morgan fingerprint density at radius 2 is 2.35 bits per heavy atom. The number of carbonyl (C=O) groups is 1. The second-order valence-electron chi connectivity index (χ2n) is 3.86. The number of nitrogens with zero attached hydrogens (tertiary/aromatic N) is 7. The van der Waals surface area contributed by atoms with Crippen LogP contribution in [0.1, 0.15) is 5.69 Å². The molecule has 10 heteroatoms. The van der Waals surface area contributed by atoms with Crippen molar-refractivity contribution in [2.75, 3.05) is 0 Å². The number of imidazole rings is 1. The largest absolute Gasteiger partial charge is 0.480 e. The molecule has 0 amide bonds. The maximum absolute atomic E-state index is 10.7. The standard InChI is InChI=1S/C10H9N7O2S/c18-8(19)5-17-10(13-14-15-17)20-6-7-4-16-3-1-2-11-9(16)12-7/h1-4H,5-6H2,(H,18,19). The number of rotatable bonds is 5. The van der Waals surface area contributed by atoms with Crippen molar-refractivity contribution in [1.82, 2.24) is 34.6 Å². The summed E-state index contributed by atoms with van der Waals surface area (Å²) < 4.78 is 3.05. The van der Waals surface area contributed by atoms with E-state index >= 15 is 0 Å². The molecule has 0 saturated carbocycles. The maximum Gasteiger partial charge on any atom is 0.325 e. The van der Waals surface area contributed by atoms with E-state index in [4.69, 9.17) is 5.11 Å². The number of aromatic nitrogens is 7. The number of aliphatic carboxylic acids is 1. The number of fused-ring (bicyclic) bond motifs is 1. The lowest BCUT2D eigenvalue weighted by molar-refractivity contribution is -0.138. The lowest BCUT2D eigenvalue weighted by Crippen LogP contribution is -2.11. The molecule has 102 valence electrons. The van der Waals surface area contributed by atoms with Gasteiger partial charge >= 0.3 is 5.97 Å². The predicted molar refractivity (Wildman–Crippen MR) is 68.0 cm³/mol. The molecule has 0 radical (unpaired) electrons. The summed E-state index contributed by atoms with van der Waals surface area (Å²) in [5.74, 6) is 0.160. The van der Waals surface area contributed by atoms with E-state index in [1.165, 1.54) is 16.4 Å². The normalized spacial score (nSPS) is 11.0. The molecular weight excluding hydrogens is 282 g/mol. The minimum absolute atomic E-state index is 0.262. The second-order valence-corrected chi connectivity index (χ2v) is 4.80. The van der Waals surface area contributed by atoms with Crippen LogP contribution in [-0.4, -0.2) is 45.7 Å². The van der Waals surface area contributed by atoms with E-state index in [0.717, 1.165) is 5.69 Å². The zero-order valence-corrected chi connectivity index (χ0v) is 10.9. The summed E-state index contributed by atoms with van der Waals surface area (Å²) >= 11 is 1.32. The highest BCUT2D eigenvalue weighted by atomic mass is 32.2. The summed E-state index contributed by atoms with van der Waals surface area (Å²) in [5, 5.41) is 20.1. The van der Waals surface area contributed by atoms with E-state index in [9.17, 15) is 4.79 Å². The molecule has 9 nitrogen and oxygen atoms in total. The Balaban J connectivity index is 1.73. The van der Waals surface area contributed by atoms with Gasteiger partial charge < -0.3 is 5.11 Å². The van der Waals surface area contributed by atoms with Crippen LogP contribution < -0.4 is 0 Å². The Kier molecular flexibility index (Phi) is 3.29. The highest BCUT2D eigenvalue weighted by molar-refractivity contribution is 7.98. The topological polar surface area (TPSA) is 111 Å². The van der Waals surface area contributed by atoms with Crippen molar-refractivity contribution in [3.8, 4) is 0 Å². The number of thioether (sulfide) groups is 1. The number of hydrogen-bond donors (Lipinski definition) is 1. The van der Waals surface area contributed by atoms with Crippen LogP contribution in [0.25, 0.3) is 5.78 Å². The van der Waals surface area contributed by atoms with Gasteiger partial charge in [-0.15, -0.1) is 5.10 Å². The molecule has 0 aliphatic heterocycles. The Morgan fingerprint density at radius 3 is 3.15 bits per heavy atom. The molecule has 3 aromatic rings. The Labute approximate surface area is 116 Å². The van der Waals surface area contributed by atoms with Crippen molar-refractivity contribution in [1.29, 1.82) is 0 Å². The van der Waals surface area contributed by atoms with E-state index in [-0.39, 0.29) is 6.54 Å². The fourth-order valence-electron chi connectivity index (χ4n) is 1.61. The number of carboxylic acids is 1. The number of carboxylic acid groups (broad SMARTS) is 1. The molecule has 3 heterocycles. The first-order valence-electron chi connectivity index (χ1n) is 5.62. The minimum atomic E-state index is -0.990. The first kappa shape index (κ1) is 12.5. The van der Waals surface area contributed by atoms with Crippen LogP contribution in [0.5, 0.6) is 0 Å². The molecule has 3 aromatic heterocycles. The highest BCUT2D eigenvalue weighted by Crippen LogP contribution is 2.19. The van der Waals surface area contributed by atoms with Gasteiger partial charge in [0.15, 0.2) is 0 Å². The molecule has 1 N–H and O–H groups in total. The summed E-state index contributed by atoms with van der Waals surface area (Å²) in [4.78, 5) is 19.1. The molecule has 0 fully saturated rings. The fraction of sp³-hybridized carbons (Fsp3) is 0.200. The lowest BCUT2D eigenvalue weighted by Gasteiger charge is -1.99. The van der Waals surface area contributed by atoms with Crippen LogP contribution in [0.2, 0.25) is 0 Å². The molecule has 3 rings (SSSR count). The molecule has 0 aromatic carbocycles. The van der Waals surface area contributed by atoms with Crippen LogP contribution in [0.15, 0.2) is 29.8 Å². The van der Waals surface area contributed by atoms with Gasteiger partial charge in [0.1, 0.15) is 6.54 Å². The monoisotopic (exact) mass is 291 g/mol. The molecule has 0 unspecified atom stereocenters. The van der Waals surface area contributed by atoms with Gasteiger partial charge in [-0.1, -0.05) is 11.8 Å². The predicted octanol–water partition coefficient (Wildman–Crippen LogP) is 0.0927. The molecule has 0 saturated heterocycles. The SMILES string of the molecule is O=C(O)Cn1nnnc1SCc1cn2cccnc2n1. The van der Waals surface area contributed by atoms with Crippen LogP contribution in [0, 0.1) is 0 Å². The van der Waals surface area contributed by atoms with Gasteiger partial charge in [-0.2, -0.15) is 0 Å². The number of hydrogen-bond acceptors (Lipinski definition) is 7. The van der Waals surface area contributed by atoms with Crippen LogP contribution >= 0.6 is 11.8 Å². The zero-order valence-electron chi connectivity index (χ0n) is 10.1. The van der Waals surface area contributed by atoms with Crippen molar-refractivity contribution in [2.45, 2.75) is 17.5 Å². The summed E-state index contributed by atoms with van der Waals surface area (Å²) in [6.07, 6.45) is 5.39. The van der Waals surface area contributed by atoms with E-state index in [1.807, 2.05) is 22.9 Å². The third kappa shape index (κ3) is 2.59. The first-order valence-corrected chi connectivity index (χ1v) is 6.60. The van der Waals surface area contributed by atoms with Crippen molar-refractivity contribution in [2.24, 2.45) is 0 Å². The van der Waals surface area contributed by atoms with Gasteiger partial charge in [-0.05, 0) is 16.5 Å². The summed E-state index contributed by atoms with van der Waals surface area (Å²) in [6, 6.07) is 1.82. The van der Waals surface area contributed by atoms with Gasteiger partial charge in [-0.25, -0.2) is 14.6 Å². The second kappa shape index (κ2) is 5.25. The lowest BCUT2D eigenvalue weighted by atomic mass is 10.6. The summed E-state index contributed by atoms with van der Waals surface area (Å²) in [5.41, 5.74) is 0.818. The molecule has 0 atom stereocenters. The molecule has 0 aliphatic rings. The van der Waals surface area contributed by atoms with Gasteiger partial charge in [0, 0.05) is 24.3 Å². The Morgan fingerprint density at radius 1 is 1.45 bits per heavy atom. The van der Waals surface area contributed by atoms with E-state index in [0.29, 0.717) is 16.7 Å². The van der Waals surface area contributed by atoms with Crippen molar-refractivity contribution < 1.29 is 9.90 Å². The third-order valence-corrected chi connectivity index (χ3v) is 3.41. The Bertz CT molecular complexity index is 720. The smallest absolute Gasteiger partial charge is 0.325 e.